The number of nitrogens with zero attached hydrogens (tertiary/aromatic N) is 2. The van der Waals surface area contributed by atoms with Crippen LogP contribution in [0.4, 0.5) is 0 Å². The van der Waals surface area contributed by atoms with Crippen LogP contribution in [-0.4, -0.2) is 10.5 Å². The highest BCUT2D eigenvalue weighted by Gasteiger charge is 2.36. The van der Waals surface area contributed by atoms with E-state index in [4.69, 9.17) is 0 Å². The van der Waals surface area contributed by atoms with E-state index in [0.717, 1.165) is 18.5 Å². The highest BCUT2D eigenvalue weighted by Crippen LogP contribution is 2.26. The summed E-state index contributed by atoms with van der Waals surface area (Å²) in [4.78, 5) is 12.3. The molecule has 0 atom stereocenters. The van der Waals surface area contributed by atoms with Gasteiger partial charge in [0.25, 0.3) is 0 Å². The lowest BCUT2D eigenvalue weighted by molar-refractivity contribution is -0.795. The van der Waals surface area contributed by atoms with E-state index in [9.17, 15) is 4.79 Å². The molecule has 0 radical (unpaired) electrons. The maximum atomic E-state index is 12.3. The van der Waals surface area contributed by atoms with Crippen molar-refractivity contribution in [1.82, 2.24) is 4.68 Å². The van der Waals surface area contributed by atoms with Gasteiger partial charge >= 0.3 is 0 Å². The predicted molar refractivity (Wildman–Crippen MR) is 67.2 cm³/mol. The normalized spacial score (nSPS) is 14.8. The van der Waals surface area contributed by atoms with E-state index in [-0.39, 0.29) is 11.7 Å². The van der Waals surface area contributed by atoms with Gasteiger partial charge in [-0.2, -0.15) is 4.68 Å². The molecule has 0 unspecified atom stereocenters. The number of carbonyl (C=O) groups is 1. The molecule has 0 bridgehead atoms. The minimum atomic E-state index is 0.0777. The van der Waals surface area contributed by atoms with Crippen molar-refractivity contribution in [2.24, 2.45) is 13.0 Å². The van der Waals surface area contributed by atoms with Gasteiger partial charge in [-0.15, -0.1) is 4.68 Å². The largest absolute Gasteiger partial charge is 0.292 e. The first kappa shape index (κ1) is 12.3. The van der Waals surface area contributed by atoms with Crippen molar-refractivity contribution < 1.29 is 9.48 Å². The van der Waals surface area contributed by atoms with Crippen molar-refractivity contribution in [3.8, 4) is 0 Å². The maximum Gasteiger partial charge on any atom is 0.212 e. The third kappa shape index (κ3) is 1.81. The summed E-state index contributed by atoms with van der Waals surface area (Å²) in [6.07, 6.45) is 3.38. The van der Waals surface area contributed by atoms with Crippen LogP contribution in [-0.2, 0) is 19.9 Å². The van der Waals surface area contributed by atoms with Gasteiger partial charge in [0.1, 0.15) is 0 Å². The molecule has 0 spiro atoms. The van der Waals surface area contributed by atoms with E-state index in [1.165, 1.54) is 17.7 Å². The average molecular weight is 235 g/mol. The lowest BCUT2D eigenvalue weighted by Gasteiger charge is -2.07. The number of hydrogen-bond donors (Lipinski definition) is 0. The van der Waals surface area contributed by atoms with Crippen LogP contribution in [0.25, 0.3) is 0 Å². The van der Waals surface area contributed by atoms with E-state index < -0.39 is 0 Å². The predicted octanol–water partition coefficient (Wildman–Crippen LogP) is 2.22. The summed E-state index contributed by atoms with van der Waals surface area (Å²) in [6, 6.07) is 0.417. The highest BCUT2D eigenvalue weighted by atomic mass is 16.1. The molecule has 1 aliphatic carbocycles. The van der Waals surface area contributed by atoms with Gasteiger partial charge in [0.15, 0.2) is 17.5 Å². The van der Waals surface area contributed by atoms with E-state index in [0.29, 0.717) is 6.04 Å². The Hall–Kier alpha value is -1.12. The Balaban J connectivity index is 2.61. The second-order valence-corrected chi connectivity index (χ2v) is 5.61. The van der Waals surface area contributed by atoms with E-state index >= 15 is 0 Å². The number of aromatic nitrogens is 2. The second kappa shape index (κ2) is 4.28. The Morgan fingerprint density at radius 2 is 1.88 bits per heavy atom. The Kier molecular flexibility index (Phi) is 3.11. The summed E-state index contributed by atoms with van der Waals surface area (Å²) in [5.74, 6) is 0.360. The molecule has 3 nitrogen and oxygen atoms in total. The highest BCUT2D eigenvalue weighted by molar-refractivity contribution is 5.97. The number of fused-ring (bicyclic) bond motifs is 1. The van der Waals surface area contributed by atoms with Crippen LogP contribution >= 0.6 is 0 Å². The Morgan fingerprint density at radius 1 is 1.24 bits per heavy atom. The molecule has 0 saturated heterocycles. The van der Waals surface area contributed by atoms with Crippen molar-refractivity contribution >= 4 is 5.78 Å². The topological polar surface area (TPSA) is 25.9 Å². The van der Waals surface area contributed by atoms with Gasteiger partial charge in [0, 0.05) is 12.3 Å². The third-order valence-electron chi connectivity index (χ3n) is 3.64. The summed E-state index contributed by atoms with van der Waals surface area (Å²) >= 11 is 0. The molecule has 94 valence electrons. The van der Waals surface area contributed by atoms with Gasteiger partial charge < -0.3 is 0 Å². The van der Waals surface area contributed by atoms with Crippen molar-refractivity contribution in [3.05, 3.63) is 17.0 Å². The summed E-state index contributed by atoms with van der Waals surface area (Å²) in [5.41, 5.74) is 3.63. The van der Waals surface area contributed by atoms with Crippen LogP contribution in [0.15, 0.2) is 0 Å². The van der Waals surface area contributed by atoms with E-state index in [1.54, 1.807) is 0 Å². The van der Waals surface area contributed by atoms with Gasteiger partial charge in [0.05, 0.1) is 12.6 Å². The van der Waals surface area contributed by atoms with Crippen LogP contribution in [0.3, 0.4) is 0 Å². The average Bonchev–Trinajstić information content (AvgIpc) is 2.74. The first-order chi connectivity index (χ1) is 7.95. The zero-order valence-electron chi connectivity index (χ0n) is 11.6. The fourth-order valence-electron chi connectivity index (χ4n) is 2.96. The van der Waals surface area contributed by atoms with Gasteiger partial charge in [-0.25, -0.2) is 0 Å². The van der Waals surface area contributed by atoms with Crippen molar-refractivity contribution in [1.29, 1.82) is 0 Å². The molecule has 0 aliphatic heterocycles. The first-order valence-corrected chi connectivity index (χ1v) is 6.61. The number of rotatable bonds is 3. The summed E-state index contributed by atoms with van der Waals surface area (Å²) in [6.45, 7) is 8.33. The maximum absolute atomic E-state index is 12.3. The minimum Gasteiger partial charge on any atom is -0.292 e. The number of hydrogen-bond acceptors (Lipinski definition) is 1. The molecule has 0 amide bonds. The third-order valence-corrected chi connectivity index (χ3v) is 3.64. The van der Waals surface area contributed by atoms with E-state index in [2.05, 4.69) is 23.2 Å². The van der Waals surface area contributed by atoms with E-state index in [1.807, 2.05) is 20.9 Å². The van der Waals surface area contributed by atoms with Crippen molar-refractivity contribution in [3.63, 3.8) is 0 Å². The Morgan fingerprint density at radius 3 is 2.41 bits per heavy atom. The number of carbonyl (C=O) groups excluding carboxylic acids is 1. The molecular weight excluding hydrogens is 212 g/mol. The second-order valence-electron chi connectivity index (χ2n) is 5.61. The van der Waals surface area contributed by atoms with Gasteiger partial charge in [-0.3, -0.25) is 4.79 Å². The minimum absolute atomic E-state index is 0.0777. The molecule has 0 fully saturated rings. The Labute approximate surface area is 103 Å². The van der Waals surface area contributed by atoms with Crippen LogP contribution in [0.5, 0.6) is 0 Å². The Bertz CT molecular complexity index is 455. The first-order valence-electron chi connectivity index (χ1n) is 6.61. The summed E-state index contributed by atoms with van der Waals surface area (Å²) in [5, 5.41) is 0. The molecular formula is C14H23N2O+. The molecule has 1 aromatic heterocycles. The van der Waals surface area contributed by atoms with Gasteiger partial charge in [-0.05, 0) is 26.7 Å². The zero-order valence-corrected chi connectivity index (χ0v) is 11.6. The summed E-state index contributed by atoms with van der Waals surface area (Å²) < 4.78 is 4.37. The lowest BCUT2D eigenvalue weighted by atomic mass is 10.0. The monoisotopic (exact) mass is 235 g/mol. The van der Waals surface area contributed by atoms with Gasteiger partial charge in [-0.1, -0.05) is 13.8 Å². The fraction of sp³-hybridized carbons (Fsp3) is 0.714. The van der Waals surface area contributed by atoms with Crippen LogP contribution < -0.4 is 4.68 Å². The molecule has 2 rings (SSSR count). The van der Waals surface area contributed by atoms with Crippen LogP contribution in [0.2, 0.25) is 0 Å². The SMILES string of the molecule is CC(C)C(=O)c1c2c([n+](C(C)C)n1C)CCC2. The molecule has 1 aromatic rings. The molecule has 17 heavy (non-hydrogen) atoms. The van der Waals surface area contributed by atoms with Crippen LogP contribution in [0, 0.1) is 5.92 Å². The zero-order chi connectivity index (χ0) is 12.7. The van der Waals surface area contributed by atoms with Gasteiger partial charge in [0.2, 0.25) is 5.69 Å². The van der Waals surface area contributed by atoms with Crippen LogP contribution in [0.1, 0.15) is 61.9 Å². The standard InChI is InChI=1S/C14H23N2O/c1-9(2)14(17)13-11-7-6-8-12(11)16(10(3)4)15(13)5/h9-10H,6-8H2,1-5H3/q+1. The van der Waals surface area contributed by atoms with Crippen molar-refractivity contribution in [2.45, 2.75) is 53.0 Å². The lowest BCUT2D eigenvalue weighted by Crippen LogP contribution is -2.47. The van der Waals surface area contributed by atoms with Crippen molar-refractivity contribution in [2.75, 3.05) is 0 Å². The smallest absolute Gasteiger partial charge is 0.212 e. The fourth-order valence-corrected chi connectivity index (χ4v) is 2.96. The molecule has 1 aliphatic rings. The quantitative estimate of drug-likeness (QED) is 0.582. The molecule has 0 aromatic carbocycles. The number of ketones is 1. The number of Topliss-reactive ketones (excluding diaryl/α,β-unsaturated/α-hetero) is 1. The summed E-state index contributed by atoms with van der Waals surface area (Å²) in [7, 11) is 2.02. The molecule has 1 heterocycles. The molecule has 3 heteroatoms. The molecule has 0 saturated carbocycles. The molecule has 0 N–H and O–H groups in total.